The molecule has 0 saturated carbocycles. The number of rotatable bonds is 6. The summed E-state index contributed by atoms with van der Waals surface area (Å²) < 4.78 is 10.2. The van der Waals surface area contributed by atoms with E-state index >= 15 is 0 Å². The highest BCUT2D eigenvalue weighted by atomic mass is 16.5. The number of allylic oxidation sites excluding steroid dienone is 4. The number of benzene rings is 1. The van der Waals surface area contributed by atoms with Crippen LogP contribution in [-0.4, -0.2) is 24.8 Å². The van der Waals surface area contributed by atoms with Crippen molar-refractivity contribution in [3.63, 3.8) is 0 Å². The van der Waals surface area contributed by atoms with Gasteiger partial charge in [0.1, 0.15) is 12.4 Å². The highest BCUT2D eigenvalue weighted by Crippen LogP contribution is 2.23. The van der Waals surface area contributed by atoms with Crippen molar-refractivity contribution in [2.45, 2.75) is 6.42 Å². The van der Waals surface area contributed by atoms with Gasteiger partial charge >= 0.3 is 5.97 Å². The van der Waals surface area contributed by atoms with Crippen LogP contribution in [0.3, 0.4) is 0 Å². The Morgan fingerprint density at radius 3 is 2.87 bits per heavy atom. The van der Waals surface area contributed by atoms with E-state index in [0.717, 1.165) is 5.56 Å². The molecule has 1 aromatic carbocycles. The molecule has 4 nitrogen and oxygen atoms in total. The molecule has 0 aliphatic heterocycles. The standard InChI is InChI=1S/C19H20O4/c1-22-18-14-16(9-11-17(18)20)8-5-13-23-19(21)12-10-15-6-3-2-4-7-15/h2-12,16,20H,13-14H2,1H3. The minimum Gasteiger partial charge on any atom is -0.504 e. The first-order chi connectivity index (χ1) is 11.2. The SMILES string of the molecule is COC1=C(O)C=CC(C=CCOC(=O)C=Cc2ccccc2)C1. The van der Waals surface area contributed by atoms with Crippen LogP contribution in [0.25, 0.3) is 6.08 Å². The number of methoxy groups -OCH3 is 1. The van der Waals surface area contributed by atoms with Crippen LogP contribution in [0.4, 0.5) is 0 Å². The molecule has 2 rings (SSSR count). The summed E-state index contributed by atoms with van der Waals surface area (Å²) in [5, 5.41) is 9.55. The van der Waals surface area contributed by atoms with E-state index in [1.807, 2.05) is 42.5 Å². The Bertz CT molecular complexity index is 639. The summed E-state index contributed by atoms with van der Waals surface area (Å²) in [5.41, 5.74) is 0.950. The van der Waals surface area contributed by atoms with Gasteiger partial charge in [0.15, 0.2) is 5.76 Å². The van der Waals surface area contributed by atoms with Crippen LogP contribution in [0.15, 0.2) is 72.2 Å². The van der Waals surface area contributed by atoms with Crippen LogP contribution in [0.2, 0.25) is 0 Å². The summed E-state index contributed by atoms with van der Waals surface area (Å²) in [6, 6.07) is 9.56. The Morgan fingerprint density at radius 2 is 2.13 bits per heavy atom. The van der Waals surface area contributed by atoms with Gasteiger partial charge in [0.2, 0.25) is 0 Å². The minimum absolute atomic E-state index is 0.124. The van der Waals surface area contributed by atoms with Crippen molar-refractivity contribution in [1.29, 1.82) is 0 Å². The molecule has 1 aliphatic rings. The second-order valence-electron chi connectivity index (χ2n) is 5.04. The van der Waals surface area contributed by atoms with Crippen molar-refractivity contribution in [3.05, 3.63) is 77.8 Å². The van der Waals surface area contributed by atoms with Crippen molar-refractivity contribution < 1.29 is 19.4 Å². The summed E-state index contributed by atoms with van der Waals surface area (Å²) in [4.78, 5) is 11.6. The normalized spacial score (nSPS) is 17.9. The Kier molecular flexibility index (Phi) is 6.24. The molecule has 1 aliphatic carbocycles. The third-order valence-electron chi connectivity index (χ3n) is 3.37. The van der Waals surface area contributed by atoms with Crippen LogP contribution >= 0.6 is 0 Å². The lowest BCUT2D eigenvalue weighted by molar-refractivity contribution is -0.136. The molecule has 1 unspecified atom stereocenters. The van der Waals surface area contributed by atoms with Crippen LogP contribution in [0.5, 0.6) is 0 Å². The first kappa shape index (κ1) is 16.6. The summed E-state index contributed by atoms with van der Waals surface area (Å²) in [5.74, 6) is 0.465. The molecular formula is C19H20O4. The monoisotopic (exact) mass is 312 g/mol. The second-order valence-corrected chi connectivity index (χ2v) is 5.04. The van der Waals surface area contributed by atoms with Gasteiger partial charge < -0.3 is 14.6 Å². The maximum absolute atomic E-state index is 11.6. The van der Waals surface area contributed by atoms with E-state index in [1.165, 1.54) is 13.2 Å². The van der Waals surface area contributed by atoms with E-state index < -0.39 is 0 Å². The molecule has 0 heterocycles. The quantitative estimate of drug-likeness (QED) is 0.493. The van der Waals surface area contributed by atoms with Crippen molar-refractivity contribution in [2.24, 2.45) is 5.92 Å². The molecule has 1 N–H and O–H groups in total. The maximum Gasteiger partial charge on any atom is 0.331 e. The molecular weight excluding hydrogens is 292 g/mol. The predicted molar refractivity (Wildman–Crippen MR) is 89.5 cm³/mol. The number of hydrogen-bond donors (Lipinski definition) is 1. The van der Waals surface area contributed by atoms with E-state index in [2.05, 4.69) is 0 Å². The molecule has 0 radical (unpaired) electrons. The van der Waals surface area contributed by atoms with E-state index in [1.54, 1.807) is 18.2 Å². The zero-order valence-corrected chi connectivity index (χ0v) is 13.0. The van der Waals surface area contributed by atoms with Gasteiger partial charge in [-0.05, 0) is 17.7 Å². The van der Waals surface area contributed by atoms with Gasteiger partial charge in [0.05, 0.1) is 7.11 Å². The lowest BCUT2D eigenvalue weighted by atomic mass is 9.98. The van der Waals surface area contributed by atoms with E-state index in [4.69, 9.17) is 9.47 Å². The van der Waals surface area contributed by atoms with Crippen LogP contribution < -0.4 is 0 Å². The highest BCUT2D eigenvalue weighted by molar-refractivity contribution is 5.87. The van der Waals surface area contributed by atoms with Gasteiger partial charge in [-0.15, -0.1) is 0 Å². The predicted octanol–water partition coefficient (Wildman–Crippen LogP) is 3.79. The van der Waals surface area contributed by atoms with Gasteiger partial charge in [0, 0.05) is 18.4 Å². The van der Waals surface area contributed by atoms with Crippen LogP contribution in [0.1, 0.15) is 12.0 Å². The second kappa shape index (κ2) is 8.63. The molecule has 1 atom stereocenters. The third kappa shape index (κ3) is 5.51. The average Bonchev–Trinajstić information content (AvgIpc) is 2.59. The average molecular weight is 312 g/mol. The number of esters is 1. The van der Waals surface area contributed by atoms with Crippen molar-refractivity contribution in [2.75, 3.05) is 13.7 Å². The minimum atomic E-state index is -0.382. The Balaban J connectivity index is 1.74. The maximum atomic E-state index is 11.6. The van der Waals surface area contributed by atoms with Gasteiger partial charge in [-0.2, -0.15) is 0 Å². The summed E-state index contributed by atoms with van der Waals surface area (Å²) >= 11 is 0. The van der Waals surface area contributed by atoms with Gasteiger partial charge in [0.25, 0.3) is 0 Å². The van der Waals surface area contributed by atoms with E-state index in [0.29, 0.717) is 12.2 Å². The highest BCUT2D eigenvalue weighted by Gasteiger charge is 2.14. The topological polar surface area (TPSA) is 55.8 Å². The molecule has 0 fully saturated rings. The number of aliphatic hydroxyl groups is 1. The third-order valence-corrected chi connectivity index (χ3v) is 3.37. The molecule has 0 saturated heterocycles. The lowest BCUT2D eigenvalue weighted by Crippen LogP contribution is -2.05. The lowest BCUT2D eigenvalue weighted by Gasteiger charge is -2.16. The Hall–Kier alpha value is -2.75. The van der Waals surface area contributed by atoms with E-state index in [-0.39, 0.29) is 24.3 Å². The molecule has 0 spiro atoms. The fourth-order valence-corrected chi connectivity index (χ4v) is 2.15. The molecule has 0 amide bonds. The van der Waals surface area contributed by atoms with Crippen molar-refractivity contribution >= 4 is 12.0 Å². The van der Waals surface area contributed by atoms with Crippen LogP contribution in [0, 0.1) is 5.92 Å². The molecule has 23 heavy (non-hydrogen) atoms. The smallest absolute Gasteiger partial charge is 0.331 e. The number of carbonyl (C=O) groups excluding carboxylic acids is 1. The molecule has 0 aromatic heterocycles. The van der Waals surface area contributed by atoms with Gasteiger partial charge in [-0.25, -0.2) is 4.79 Å². The fraction of sp³-hybridized carbons (Fsp3) is 0.211. The van der Waals surface area contributed by atoms with Crippen molar-refractivity contribution in [3.8, 4) is 0 Å². The zero-order chi connectivity index (χ0) is 16.5. The Labute approximate surface area is 136 Å². The number of carbonyl (C=O) groups is 1. The van der Waals surface area contributed by atoms with Gasteiger partial charge in [-0.3, -0.25) is 0 Å². The Morgan fingerprint density at radius 1 is 1.35 bits per heavy atom. The number of aliphatic hydroxyl groups excluding tert-OH is 1. The van der Waals surface area contributed by atoms with E-state index in [9.17, 15) is 9.90 Å². The molecule has 0 bridgehead atoms. The fourth-order valence-electron chi connectivity index (χ4n) is 2.15. The molecule has 120 valence electrons. The summed E-state index contributed by atoms with van der Waals surface area (Å²) in [7, 11) is 1.53. The molecule has 4 heteroatoms. The first-order valence-corrected chi connectivity index (χ1v) is 7.40. The first-order valence-electron chi connectivity index (χ1n) is 7.40. The van der Waals surface area contributed by atoms with Crippen LogP contribution in [-0.2, 0) is 14.3 Å². The summed E-state index contributed by atoms with van der Waals surface area (Å²) in [6.07, 6.45) is 10.9. The molecule has 1 aromatic rings. The van der Waals surface area contributed by atoms with Crippen molar-refractivity contribution in [1.82, 2.24) is 0 Å². The number of ether oxygens (including phenoxy) is 2. The summed E-state index contributed by atoms with van der Waals surface area (Å²) in [6.45, 7) is 0.209. The zero-order valence-electron chi connectivity index (χ0n) is 13.0. The number of hydrogen-bond acceptors (Lipinski definition) is 4. The largest absolute Gasteiger partial charge is 0.504 e. The van der Waals surface area contributed by atoms with Gasteiger partial charge in [-0.1, -0.05) is 48.6 Å².